The molecule has 2 aromatic rings. The Kier molecular flexibility index (Phi) is 5.31. The van der Waals surface area contributed by atoms with Crippen LogP contribution in [0.25, 0.3) is 11.3 Å². The molecular weight excluding hydrogens is 318 g/mol. The highest BCUT2D eigenvalue weighted by Gasteiger charge is 2.23. The van der Waals surface area contributed by atoms with E-state index in [-0.39, 0.29) is 5.91 Å². The van der Waals surface area contributed by atoms with Gasteiger partial charge in [0.05, 0.1) is 12.2 Å². The summed E-state index contributed by atoms with van der Waals surface area (Å²) in [5.74, 6) is 1.35. The topological polar surface area (TPSA) is 45.2 Å². The average Bonchev–Trinajstić information content (AvgIpc) is 2.95. The third kappa shape index (κ3) is 4.42. The van der Waals surface area contributed by atoms with Crippen molar-refractivity contribution in [2.75, 3.05) is 25.0 Å². The Morgan fingerprint density at radius 3 is 2.58 bits per heavy atom. The van der Waals surface area contributed by atoms with Gasteiger partial charge in [0.1, 0.15) is 0 Å². The number of piperidine rings is 1. The van der Waals surface area contributed by atoms with Crippen molar-refractivity contribution in [2.45, 2.75) is 27.2 Å². The predicted octanol–water partition coefficient (Wildman–Crippen LogP) is 4.03. The predicted molar refractivity (Wildman–Crippen MR) is 100 cm³/mol. The van der Waals surface area contributed by atoms with E-state index in [0.717, 1.165) is 24.3 Å². The Bertz CT molecular complexity index is 685. The highest BCUT2D eigenvalue weighted by Crippen LogP contribution is 2.25. The molecule has 1 saturated heterocycles. The number of likely N-dealkylation sites (tertiary alicyclic amines) is 1. The first kappa shape index (κ1) is 17.1. The molecule has 0 saturated carbocycles. The molecule has 3 rings (SSSR count). The summed E-state index contributed by atoms with van der Waals surface area (Å²) in [7, 11) is 0. The maximum Gasteiger partial charge on any atom is 0.240 e. The first-order valence-electron chi connectivity index (χ1n) is 8.54. The number of aryl methyl sites for hydroxylation is 1. The second-order valence-corrected chi connectivity index (χ2v) is 7.95. The zero-order valence-electron chi connectivity index (χ0n) is 14.6. The van der Waals surface area contributed by atoms with Crippen LogP contribution in [0.2, 0.25) is 0 Å². The van der Waals surface area contributed by atoms with Crippen molar-refractivity contribution in [3.05, 3.63) is 35.2 Å². The summed E-state index contributed by atoms with van der Waals surface area (Å²) in [6.07, 6.45) is 1.25. The molecule has 5 heteroatoms. The molecular formula is C19H25N3OS. The molecule has 2 heterocycles. The Morgan fingerprint density at radius 2 is 1.92 bits per heavy atom. The molecule has 0 spiro atoms. The number of carbonyl (C=O) groups is 1. The van der Waals surface area contributed by atoms with Crippen LogP contribution < -0.4 is 5.32 Å². The smallest absolute Gasteiger partial charge is 0.240 e. The molecule has 24 heavy (non-hydrogen) atoms. The Labute approximate surface area is 147 Å². The van der Waals surface area contributed by atoms with E-state index in [1.54, 1.807) is 0 Å². The number of nitrogens with one attached hydrogen (secondary N) is 1. The molecule has 1 fully saturated rings. The molecule has 0 radical (unpaired) electrons. The molecule has 1 amide bonds. The van der Waals surface area contributed by atoms with Crippen molar-refractivity contribution < 1.29 is 4.79 Å². The Hall–Kier alpha value is -1.72. The van der Waals surface area contributed by atoms with Crippen molar-refractivity contribution in [1.82, 2.24) is 9.88 Å². The number of benzene rings is 1. The largest absolute Gasteiger partial charge is 0.301 e. The SMILES string of the molecule is Cc1ccc(-c2csc(NC(=O)CN3CC(C)CC(C)C3)n2)cc1. The third-order valence-corrected chi connectivity index (χ3v) is 5.17. The van der Waals surface area contributed by atoms with Gasteiger partial charge in [0.2, 0.25) is 5.91 Å². The second-order valence-electron chi connectivity index (χ2n) is 7.09. The summed E-state index contributed by atoms with van der Waals surface area (Å²) in [6, 6.07) is 8.27. The number of aromatic nitrogens is 1. The van der Waals surface area contributed by atoms with Gasteiger partial charge >= 0.3 is 0 Å². The number of hydrogen-bond acceptors (Lipinski definition) is 4. The molecule has 1 aromatic carbocycles. The number of amides is 1. The van der Waals surface area contributed by atoms with Gasteiger partial charge in [-0.05, 0) is 25.2 Å². The second kappa shape index (κ2) is 7.45. The van der Waals surface area contributed by atoms with Crippen LogP contribution in [0.1, 0.15) is 25.8 Å². The average molecular weight is 343 g/mol. The highest BCUT2D eigenvalue weighted by atomic mass is 32.1. The van der Waals surface area contributed by atoms with Gasteiger partial charge in [-0.2, -0.15) is 0 Å². The van der Waals surface area contributed by atoms with E-state index in [1.165, 1.54) is 23.3 Å². The monoisotopic (exact) mass is 343 g/mol. The summed E-state index contributed by atoms with van der Waals surface area (Å²) < 4.78 is 0. The minimum Gasteiger partial charge on any atom is -0.301 e. The van der Waals surface area contributed by atoms with E-state index in [0.29, 0.717) is 23.5 Å². The van der Waals surface area contributed by atoms with E-state index in [9.17, 15) is 4.79 Å². The lowest BCUT2D eigenvalue weighted by atomic mass is 9.92. The molecule has 4 nitrogen and oxygen atoms in total. The summed E-state index contributed by atoms with van der Waals surface area (Å²) in [5, 5.41) is 5.61. The van der Waals surface area contributed by atoms with Crippen LogP contribution >= 0.6 is 11.3 Å². The van der Waals surface area contributed by atoms with Crippen molar-refractivity contribution in [1.29, 1.82) is 0 Å². The van der Waals surface area contributed by atoms with E-state index >= 15 is 0 Å². The zero-order valence-corrected chi connectivity index (χ0v) is 15.4. The summed E-state index contributed by atoms with van der Waals surface area (Å²) in [6.45, 7) is 9.05. The fourth-order valence-electron chi connectivity index (χ4n) is 3.47. The highest BCUT2D eigenvalue weighted by molar-refractivity contribution is 7.14. The molecule has 1 aliphatic heterocycles. The quantitative estimate of drug-likeness (QED) is 0.911. The normalized spacial score (nSPS) is 21.6. The minimum atomic E-state index is 0.0288. The summed E-state index contributed by atoms with van der Waals surface area (Å²) in [4.78, 5) is 19.1. The van der Waals surface area contributed by atoms with Gasteiger partial charge < -0.3 is 5.32 Å². The van der Waals surface area contributed by atoms with Crippen LogP contribution in [0.5, 0.6) is 0 Å². The first-order valence-corrected chi connectivity index (χ1v) is 9.42. The Morgan fingerprint density at radius 1 is 1.25 bits per heavy atom. The van der Waals surface area contributed by atoms with Gasteiger partial charge in [-0.15, -0.1) is 11.3 Å². The number of anilines is 1. The summed E-state index contributed by atoms with van der Waals surface area (Å²) in [5.41, 5.74) is 3.22. The lowest BCUT2D eigenvalue weighted by molar-refractivity contribution is -0.117. The third-order valence-electron chi connectivity index (χ3n) is 4.41. The van der Waals surface area contributed by atoms with Crippen LogP contribution in [-0.2, 0) is 4.79 Å². The molecule has 1 N–H and O–H groups in total. The molecule has 0 bridgehead atoms. The molecule has 0 aliphatic carbocycles. The number of nitrogens with zero attached hydrogens (tertiary/aromatic N) is 2. The molecule has 1 aliphatic rings. The van der Waals surface area contributed by atoms with Crippen LogP contribution in [0.15, 0.2) is 29.6 Å². The fraction of sp³-hybridized carbons (Fsp3) is 0.474. The lowest BCUT2D eigenvalue weighted by Crippen LogP contribution is -2.42. The van der Waals surface area contributed by atoms with Gasteiger partial charge in [0, 0.05) is 24.0 Å². The maximum atomic E-state index is 12.3. The van der Waals surface area contributed by atoms with E-state index in [2.05, 4.69) is 60.2 Å². The molecule has 2 atom stereocenters. The number of hydrogen-bond donors (Lipinski definition) is 1. The van der Waals surface area contributed by atoms with Crippen molar-refractivity contribution in [3.8, 4) is 11.3 Å². The number of carbonyl (C=O) groups excluding carboxylic acids is 1. The van der Waals surface area contributed by atoms with Gasteiger partial charge in [-0.1, -0.05) is 43.7 Å². The maximum absolute atomic E-state index is 12.3. The van der Waals surface area contributed by atoms with Crippen LogP contribution in [0.4, 0.5) is 5.13 Å². The number of thiazole rings is 1. The number of rotatable bonds is 4. The molecule has 2 unspecified atom stereocenters. The van der Waals surface area contributed by atoms with Gasteiger partial charge in [0.25, 0.3) is 0 Å². The van der Waals surface area contributed by atoms with Crippen LogP contribution in [-0.4, -0.2) is 35.4 Å². The van der Waals surface area contributed by atoms with Crippen LogP contribution in [0.3, 0.4) is 0 Å². The van der Waals surface area contributed by atoms with Gasteiger partial charge in [0.15, 0.2) is 5.13 Å². The van der Waals surface area contributed by atoms with Crippen molar-refractivity contribution in [2.24, 2.45) is 11.8 Å². The van der Waals surface area contributed by atoms with E-state index in [4.69, 9.17) is 0 Å². The van der Waals surface area contributed by atoms with Crippen molar-refractivity contribution >= 4 is 22.4 Å². The van der Waals surface area contributed by atoms with Gasteiger partial charge in [-0.3, -0.25) is 9.69 Å². The standard InChI is InChI=1S/C19H25N3OS/c1-13-4-6-16(7-5-13)17-12-24-19(20-17)21-18(23)11-22-9-14(2)8-15(3)10-22/h4-7,12,14-15H,8-11H2,1-3H3,(H,20,21,23). The van der Waals surface area contributed by atoms with Gasteiger partial charge in [-0.25, -0.2) is 4.98 Å². The van der Waals surface area contributed by atoms with Crippen molar-refractivity contribution in [3.63, 3.8) is 0 Å². The fourth-order valence-corrected chi connectivity index (χ4v) is 4.21. The zero-order chi connectivity index (χ0) is 17.1. The van der Waals surface area contributed by atoms with E-state index < -0.39 is 0 Å². The molecule has 1 aromatic heterocycles. The minimum absolute atomic E-state index is 0.0288. The Balaban J connectivity index is 1.58. The van der Waals surface area contributed by atoms with Crippen LogP contribution in [0, 0.1) is 18.8 Å². The molecule has 128 valence electrons. The first-order chi connectivity index (χ1) is 11.5. The summed E-state index contributed by atoms with van der Waals surface area (Å²) >= 11 is 1.48. The lowest BCUT2D eigenvalue weighted by Gasteiger charge is -2.34. The van der Waals surface area contributed by atoms with E-state index in [1.807, 2.05) is 5.38 Å².